The van der Waals surface area contributed by atoms with Gasteiger partial charge in [0.15, 0.2) is 0 Å². The van der Waals surface area contributed by atoms with Crippen molar-refractivity contribution in [3.8, 4) is 0 Å². The highest BCUT2D eigenvalue weighted by molar-refractivity contribution is 5.98. The standard InChI is InChI=1S/C14H20N4O2/c1-9(2)13(15)14(20)18(10-3-4-10)8-12(19)11-7-16-5-6-17-11/h5-7,9-10,13H,3-4,8,15H2,1-2H3. The number of rotatable bonds is 6. The predicted octanol–water partition coefficient (Wildman–Crippen LogP) is 0.634. The Balaban J connectivity index is 2.07. The van der Waals surface area contributed by atoms with Crippen LogP contribution in [0, 0.1) is 5.92 Å². The third kappa shape index (κ3) is 3.39. The third-order valence-corrected chi connectivity index (χ3v) is 3.44. The molecule has 1 aliphatic rings. The molecule has 1 aromatic rings. The molecule has 0 saturated heterocycles. The van der Waals surface area contributed by atoms with Crippen LogP contribution in [0.4, 0.5) is 0 Å². The SMILES string of the molecule is CC(C)C(N)C(=O)N(CC(=O)c1cnccn1)C1CC1. The van der Waals surface area contributed by atoms with Crippen molar-refractivity contribution in [1.82, 2.24) is 14.9 Å². The topological polar surface area (TPSA) is 89.2 Å². The van der Waals surface area contributed by atoms with Gasteiger partial charge >= 0.3 is 0 Å². The van der Waals surface area contributed by atoms with Crippen LogP contribution in [0.3, 0.4) is 0 Å². The minimum absolute atomic E-state index is 0.0304. The number of hydrogen-bond acceptors (Lipinski definition) is 5. The van der Waals surface area contributed by atoms with Crippen LogP contribution in [0.15, 0.2) is 18.6 Å². The normalized spacial score (nSPS) is 16.0. The fourth-order valence-electron chi connectivity index (χ4n) is 1.93. The molecule has 1 atom stereocenters. The molecule has 0 aromatic carbocycles. The summed E-state index contributed by atoms with van der Waals surface area (Å²) in [6, 6.07) is -0.418. The maximum atomic E-state index is 12.3. The molecule has 0 spiro atoms. The van der Waals surface area contributed by atoms with Crippen LogP contribution in [-0.4, -0.2) is 45.2 Å². The lowest BCUT2D eigenvalue weighted by Gasteiger charge is -2.26. The van der Waals surface area contributed by atoms with Crippen LogP contribution >= 0.6 is 0 Å². The van der Waals surface area contributed by atoms with E-state index >= 15 is 0 Å². The zero-order chi connectivity index (χ0) is 14.7. The van der Waals surface area contributed by atoms with Gasteiger partial charge in [0.05, 0.1) is 18.8 Å². The molecule has 0 aliphatic heterocycles. The molecule has 6 nitrogen and oxygen atoms in total. The largest absolute Gasteiger partial charge is 0.331 e. The molecule has 1 aromatic heterocycles. The van der Waals surface area contributed by atoms with Gasteiger partial charge in [-0.25, -0.2) is 4.98 Å². The number of ketones is 1. The van der Waals surface area contributed by atoms with E-state index in [4.69, 9.17) is 5.73 Å². The Morgan fingerprint density at radius 3 is 2.60 bits per heavy atom. The first-order valence-corrected chi connectivity index (χ1v) is 6.86. The van der Waals surface area contributed by atoms with E-state index < -0.39 is 6.04 Å². The van der Waals surface area contributed by atoms with Gasteiger partial charge in [-0.05, 0) is 18.8 Å². The van der Waals surface area contributed by atoms with E-state index in [2.05, 4.69) is 9.97 Å². The summed E-state index contributed by atoms with van der Waals surface area (Å²) >= 11 is 0. The molecule has 6 heteroatoms. The Morgan fingerprint density at radius 1 is 1.40 bits per heavy atom. The van der Waals surface area contributed by atoms with Crippen molar-refractivity contribution >= 4 is 11.7 Å². The zero-order valence-corrected chi connectivity index (χ0v) is 11.8. The number of aromatic nitrogens is 2. The molecule has 1 amide bonds. The van der Waals surface area contributed by atoms with E-state index in [0.29, 0.717) is 0 Å². The Hall–Kier alpha value is -1.82. The third-order valence-electron chi connectivity index (χ3n) is 3.44. The number of carbonyl (C=O) groups is 2. The quantitative estimate of drug-likeness (QED) is 0.770. The Morgan fingerprint density at radius 2 is 2.10 bits per heavy atom. The lowest BCUT2D eigenvalue weighted by Crippen LogP contribution is -2.49. The molecule has 1 heterocycles. The first kappa shape index (κ1) is 14.6. The van der Waals surface area contributed by atoms with Crippen LogP contribution in [0.5, 0.6) is 0 Å². The van der Waals surface area contributed by atoms with Crippen molar-refractivity contribution in [2.75, 3.05) is 6.54 Å². The molecular formula is C14H20N4O2. The second-order valence-electron chi connectivity index (χ2n) is 5.48. The predicted molar refractivity (Wildman–Crippen MR) is 73.9 cm³/mol. The molecule has 1 saturated carbocycles. The molecule has 1 fully saturated rings. The summed E-state index contributed by atoms with van der Waals surface area (Å²) in [7, 11) is 0. The molecule has 1 unspecified atom stereocenters. The summed E-state index contributed by atoms with van der Waals surface area (Å²) in [4.78, 5) is 33.9. The van der Waals surface area contributed by atoms with E-state index in [9.17, 15) is 9.59 Å². The highest BCUT2D eigenvalue weighted by Gasteiger charge is 2.36. The van der Waals surface area contributed by atoms with Crippen LogP contribution < -0.4 is 5.73 Å². The Bertz CT molecular complexity index is 485. The first-order chi connectivity index (χ1) is 9.50. The fourth-order valence-corrected chi connectivity index (χ4v) is 1.93. The van der Waals surface area contributed by atoms with Gasteiger partial charge in [-0.15, -0.1) is 0 Å². The summed E-state index contributed by atoms with van der Waals surface area (Å²) < 4.78 is 0. The lowest BCUT2D eigenvalue weighted by molar-refractivity contribution is -0.133. The van der Waals surface area contributed by atoms with E-state index in [0.717, 1.165) is 12.8 Å². The summed E-state index contributed by atoms with van der Waals surface area (Å²) in [6.45, 7) is 3.83. The van der Waals surface area contributed by atoms with E-state index in [-0.39, 0.29) is 35.9 Å². The van der Waals surface area contributed by atoms with Crippen molar-refractivity contribution in [3.63, 3.8) is 0 Å². The smallest absolute Gasteiger partial charge is 0.240 e. The van der Waals surface area contributed by atoms with Crippen molar-refractivity contribution in [1.29, 1.82) is 0 Å². The van der Waals surface area contributed by atoms with Gasteiger partial charge in [0.2, 0.25) is 11.7 Å². The van der Waals surface area contributed by atoms with Crippen LogP contribution in [0.1, 0.15) is 37.2 Å². The number of nitrogens with zero attached hydrogens (tertiary/aromatic N) is 3. The molecule has 1 aliphatic carbocycles. The monoisotopic (exact) mass is 276 g/mol. The average Bonchev–Trinajstić information content (AvgIpc) is 3.28. The number of amides is 1. The number of Topliss-reactive ketones (excluding diaryl/α,β-unsaturated/α-hetero) is 1. The molecule has 0 radical (unpaired) electrons. The van der Waals surface area contributed by atoms with Gasteiger partial charge in [-0.2, -0.15) is 0 Å². The second kappa shape index (κ2) is 6.09. The van der Waals surface area contributed by atoms with E-state index in [1.807, 2.05) is 13.8 Å². The Labute approximate surface area is 118 Å². The number of hydrogen-bond donors (Lipinski definition) is 1. The molecular weight excluding hydrogens is 256 g/mol. The summed E-state index contributed by atoms with van der Waals surface area (Å²) in [5.41, 5.74) is 6.19. The van der Waals surface area contributed by atoms with Crippen LogP contribution in [-0.2, 0) is 4.79 Å². The lowest BCUT2D eigenvalue weighted by atomic mass is 10.0. The minimum Gasteiger partial charge on any atom is -0.331 e. The fraction of sp³-hybridized carbons (Fsp3) is 0.571. The molecule has 2 N–H and O–H groups in total. The zero-order valence-electron chi connectivity index (χ0n) is 11.8. The summed E-state index contributed by atoms with van der Waals surface area (Å²) in [5.74, 6) is -0.301. The van der Waals surface area contributed by atoms with Crippen molar-refractivity contribution < 1.29 is 9.59 Å². The second-order valence-corrected chi connectivity index (χ2v) is 5.48. The minimum atomic E-state index is -0.565. The van der Waals surface area contributed by atoms with Gasteiger partial charge < -0.3 is 10.6 Å². The molecule has 0 bridgehead atoms. The van der Waals surface area contributed by atoms with Gasteiger partial charge in [0.25, 0.3) is 0 Å². The van der Waals surface area contributed by atoms with E-state index in [1.54, 1.807) is 4.90 Å². The van der Waals surface area contributed by atoms with Gasteiger partial charge in [-0.3, -0.25) is 14.6 Å². The molecule has 20 heavy (non-hydrogen) atoms. The highest BCUT2D eigenvalue weighted by Crippen LogP contribution is 2.28. The summed E-state index contributed by atoms with van der Waals surface area (Å²) in [6.07, 6.45) is 6.26. The molecule has 108 valence electrons. The molecule has 2 rings (SSSR count). The van der Waals surface area contributed by atoms with Gasteiger partial charge in [0, 0.05) is 18.4 Å². The van der Waals surface area contributed by atoms with Crippen molar-refractivity contribution in [3.05, 3.63) is 24.3 Å². The highest BCUT2D eigenvalue weighted by atomic mass is 16.2. The Kier molecular flexibility index (Phi) is 4.44. The summed E-state index contributed by atoms with van der Waals surface area (Å²) in [5, 5.41) is 0. The average molecular weight is 276 g/mol. The number of nitrogens with two attached hydrogens (primary N) is 1. The van der Waals surface area contributed by atoms with Crippen molar-refractivity contribution in [2.45, 2.75) is 38.8 Å². The van der Waals surface area contributed by atoms with Crippen LogP contribution in [0.2, 0.25) is 0 Å². The van der Waals surface area contributed by atoms with Crippen molar-refractivity contribution in [2.24, 2.45) is 11.7 Å². The van der Waals surface area contributed by atoms with E-state index in [1.165, 1.54) is 18.6 Å². The first-order valence-electron chi connectivity index (χ1n) is 6.86. The van der Waals surface area contributed by atoms with Crippen LogP contribution in [0.25, 0.3) is 0 Å². The number of carbonyl (C=O) groups excluding carboxylic acids is 2. The maximum absolute atomic E-state index is 12.3. The maximum Gasteiger partial charge on any atom is 0.240 e. The van der Waals surface area contributed by atoms with Gasteiger partial charge in [-0.1, -0.05) is 13.8 Å². The van der Waals surface area contributed by atoms with Gasteiger partial charge in [0.1, 0.15) is 5.69 Å².